The third-order valence-corrected chi connectivity index (χ3v) is 16.0. The number of anilines is 6. The van der Waals surface area contributed by atoms with Crippen LogP contribution in [0.5, 0.6) is 0 Å². The predicted molar refractivity (Wildman–Crippen MR) is 292 cm³/mol. The van der Waals surface area contributed by atoms with Crippen LogP contribution in [0.15, 0.2) is 186 Å². The summed E-state index contributed by atoms with van der Waals surface area (Å²) in [6.07, 6.45) is 0. The van der Waals surface area contributed by atoms with Crippen LogP contribution in [0.2, 0.25) is 0 Å². The Bertz CT molecular complexity index is 4030. The van der Waals surface area contributed by atoms with Crippen LogP contribution in [-0.2, 0) is 10.8 Å². The van der Waals surface area contributed by atoms with Crippen molar-refractivity contribution < 1.29 is 4.42 Å². The van der Waals surface area contributed by atoms with Crippen molar-refractivity contribution in [3.63, 3.8) is 0 Å². The van der Waals surface area contributed by atoms with Gasteiger partial charge in [0.1, 0.15) is 5.58 Å². The average molecular weight is 894 g/mol. The molecule has 0 unspecified atom stereocenters. The van der Waals surface area contributed by atoms with E-state index >= 15 is 0 Å². The lowest BCUT2D eigenvalue weighted by atomic mass is 9.45. The van der Waals surface area contributed by atoms with E-state index in [-0.39, 0.29) is 17.7 Å². The topological polar surface area (TPSA) is 24.6 Å². The number of furan rings is 1. The summed E-state index contributed by atoms with van der Waals surface area (Å²) >= 11 is 1.94. The van der Waals surface area contributed by atoms with Gasteiger partial charge in [0.2, 0.25) is 0 Å². The molecular weight excluding hydrogens is 846 g/mol. The van der Waals surface area contributed by atoms with Crippen LogP contribution in [0.1, 0.15) is 52.7 Å². The molecule has 2 aliphatic heterocycles. The van der Waals surface area contributed by atoms with Gasteiger partial charge in [-0.15, -0.1) is 11.3 Å². The SMILES string of the molecule is CC(C)(C)c1ccc2c(c1)c1cc(C(C)(C)C)cc3c1n2B1c2ccc(N(c4ccccc4)c4ccccc4)cc2N(c2cccc4c2oc2ccccc24)c2cc4c(sc5ccccc54)c-3c21. The minimum atomic E-state index is -0.125. The Labute approximate surface area is 400 Å². The molecule has 0 bridgehead atoms. The molecule has 3 aromatic heterocycles. The second-order valence-electron chi connectivity index (χ2n) is 20.9. The van der Waals surface area contributed by atoms with Crippen molar-refractivity contribution >= 4 is 127 Å². The van der Waals surface area contributed by atoms with Gasteiger partial charge in [-0.05, 0) is 118 Å². The molecule has 326 valence electrons. The number of benzene rings is 9. The van der Waals surface area contributed by atoms with Gasteiger partial charge in [-0.25, -0.2) is 0 Å². The third kappa shape index (κ3) is 5.55. The zero-order chi connectivity index (χ0) is 45.8. The Morgan fingerprint density at radius 2 is 1.18 bits per heavy atom. The average Bonchev–Trinajstić information content (AvgIpc) is 4.03. The molecule has 0 amide bonds. The molecule has 0 fully saturated rings. The molecule has 14 rings (SSSR count). The molecular formula is C62H48BN3OS. The minimum absolute atomic E-state index is 0.0119. The summed E-state index contributed by atoms with van der Waals surface area (Å²) in [6.45, 7) is 14.0. The number of para-hydroxylation sites is 4. The van der Waals surface area contributed by atoms with Crippen molar-refractivity contribution in [2.75, 3.05) is 9.80 Å². The lowest BCUT2D eigenvalue weighted by Gasteiger charge is -2.41. The summed E-state index contributed by atoms with van der Waals surface area (Å²) in [7, 11) is 0. The van der Waals surface area contributed by atoms with Crippen LogP contribution in [0.25, 0.3) is 75.0 Å². The van der Waals surface area contributed by atoms with Crippen molar-refractivity contribution in [1.29, 1.82) is 0 Å². The molecule has 0 atom stereocenters. The fourth-order valence-electron chi connectivity index (χ4n) is 11.5. The normalized spacial score (nSPS) is 13.4. The Balaban J connectivity index is 1.18. The number of fused-ring (bicyclic) bond motifs is 14. The van der Waals surface area contributed by atoms with Gasteiger partial charge < -0.3 is 18.7 Å². The van der Waals surface area contributed by atoms with E-state index in [2.05, 4.69) is 238 Å². The molecule has 0 radical (unpaired) electrons. The molecule has 2 aliphatic rings. The highest BCUT2D eigenvalue weighted by molar-refractivity contribution is 7.26. The number of nitrogens with zero attached hydrogens (tertiary/aromatic N) is 3. The number of thiophene rings is 1. The van der Waals surface area contributed by atoms with E-state index in [0.29, 0.717) is 0 Å². The van der Waals surface area contributed by atoms with Crippen LogP contribution in [-0.4, -0.2) is 11.3 Å². The number of aromatic nitrogens is 1. The Hall–Kier alpha value is -7.54. The summed E-state index contributed by atoms with van der Waals surface area (Å²) < 4.78 is 12.4. The van der Waals surface area contributed by atoms with Crippen LogP contribution in [0.4, 0.5) is 34.1 Å². The van der Waals surface area contributed by atoms with Crippen LogP contribution < -0.4 is 20.7 Å². The molecule has 0 N–H and O–H groups in total. The largest absolute Gasteiger partial charge is 0.454 e. The van der Waals surface area contributed by atoms with Crippen molar-refractivity contribution in [2.45, 2.75) is 52.4 Å². The maximum atomic E-state index is 7.01. The van der Waals surface area contributed by atoms with Crippen molar-refractivity contribution in [3.8, 4) is 11.1 Å². The first-order chi connectivity index (χ1) is 33.0. The number of hydrogen-bond acceptors (Lipinski definition) is 4. The second-order valence-corrected chi connectivity index (χ2v) is 22.0. The van der Waals surface area contributed by atoms with E-state index in [0.717, 1.165) is 50.4 Å². The van der Waals surface area contributed by atoms with Gasteiger partial charge in [-0.3, -0.25) is 0 Å². The van der Waals surface area contributed by atoms with Crippen molar-refractivity contribution in [1.82, 2.24) is 4.48 Å². The van der Waals surface area contributed by atoms with E-state index in [4.69, 9.17) is 4.42 Å². The standard InChI is InChI=1S/C62H48BN3OS/c1-61(2,3)37-28-31-50-45(32-37)46-33-38(62(4,5)6)34-48-56-57-53(36-47-43-23-14-16-27-55(43)68-60(47)56)65(51-25-17-24-44-42-22-13-15-26-54(42)67-59(44)51)52-35-41(29-30-49(52)63(57)66(50)58(46)48)64(39-18-9-7-10-19-39)40-20-11-8-12-21-40/h7-36H,1-6H3. The summed E-state index contributed by atoms with van der Waals surface area (Å²) in [4.78, 5) is 4.94. The highest BCUT2D eigenvalue weighted by Crippen LogP contribution is 2.53. The van der Waals surface area contributed by atoms with Crippen LogP contribution in [0.3, 0.4) is 0 Å². The molecule has 4 nitrogen and oxygen atoms in total. The fourth-order valence-corrected chi connectivity index (χ4v) is 12.8. The molecule has 0 saturated heterocycles. The van der Waals surface area contributed by atoms with E-state index < -0.39 is 0 Å². The molecule has 0 aliphatic carbocycles. The van der Waals surface area contributed by atoms with Gasteiger partial charge in [0, 0.05) is 92.3 Å². The van der Waals surface area contributed by atoms with E-state index in [1.807, 2.05) is 11.3 Å². The van der Waals surface area contributed by atoms with Crippen molar-refractivity contribution in [2.24, 2.45) is 0 Å². The van der Waals surface area contributed by atoms with E-state index in [9.17, 15) is 0 Å². The molecule has 6 heteroatoms. The fraction of sp³-hybridized carbons (Fsp3) is 0.129. The maximum absolute atomic E-state index is 7.01. The van der Waals surface area contributed by atoms with Gasteiger partial charge in [0.15, 0.2) is 5.58 Å². The second kappa shape index (κ2) is 14.0. The first-order valence-electron chi connectivity index (χ1n) is 23.9. The first kappa shape index (κ1) is 39.6. The van der Waals surface area contributed by atoms with E-state index in [1.54, 1.807) is 0 Å². The number of hydrogen-bond donors (Lipinski definition) is 0. The molecule has 9 aromatic carbocycles. The van der Waals surface area contributed by atoms with Crippen molar-refractivity contribution in [3.05, 3.63) is 193 Å². The first-order valence-corrected chi connectivity index (χ1v) is 24.7. The zero-order valence-corrected chi connectivity index (χ0v) is 39.9. The van der Waals surface area contributed by atoms with Gasteiger partial charge >= 0.3 is 6.85 Å². The molecule has 68 heavy (non-hydrogen) atoms. The van der Waals surface area contributed by atoms with Gasteiger partial charge in [0.25, 0.3) is 0 Å². The smallest absolute Gasteiger partial charge is 0.333 e. The molecule has 5 heterocycles. The summed E-state index contributed by atoms with van der Waals surface area (Å²) in [5, 5.41) is 7.43. The van der Waals surface area contributed by atoms with E-state index in [1.165, 1.54) is 80.8 Å². The predicted octanol–water partition coefficient (Wildman–Crippen LogP) is 16.5. The minimum Gasteiger partial charge on any atom is -0.454 e. The van der Waals surface area contributed by atoms with Gasteiger partial charge in [-0.2, -0.15) is 0 Å². The summed E-state index contributed by atoms with van der Waals surface area (Å²) in [5.74, 6) is 0. The summed E-state index contributed by atoms with van der Waals surface area (Å²) in [5.41, 5.74) is 18.8. The Kier molecular flexibility index (Phi) is 8.16. The Morgan fingerprint density at radius 1 is 0.500 bits per heavy atom. The van der Waals surface area contributed by atoms with Crippen LogP contribution in [0, 0.1) is 0 Å². The third-order valence-electron chi connectivity index (χ3n) is 14.8. The molecule has 12 aromatic rings. The quantitative estimate of drug-likeness (QED) is 0.165. The van der Waals surface area contributed by atoms with Gasteiger partial charge in [-0.1, -0.05) is 139 Å². The number of rotatable bonds is 4. The van der Waals surface area contributed by atoms with Gasteiger partial charge in [0.05, 0.1) is 5.69 Å². The molecule has 0 spiro atoms. The maximum Gasteiger partial charge on any atom is 0.333 e. The molecule has 0 saturated carbocycles. The summed E-state index contributed by atoms with van der Waals surface area (Å²) in [6, 6.07) is 67.8. The zero-order valence-electron chi connectivity index (χ0n) is 39.1. The lowest BCUT2D eigenvalue weighted by molar-refractivity contribution is 0.590. The lowest BCUT2D eigenvalue weighted by Crippen LogP contribution is -2.56. The highest BCUT2D eigenvalue weighted by Gasteiger charge is 2.45. The van der Waals surface area contributed by atoms with Crippen LogP contribution >= 0.6 is 11.3 Å². The monoisotopic (exact) mass is 893 g/mol. The highest BCUT2D eigenvalue weighted by atomic mass is 32.1. The Morgan fingerprint density at radius 3 is 1.93 bits per heavy atom.